The summed E-state index contributed by atoms with van der Waals surface area (Å²) in [5.74, 6) is 0.179. The molecule has 2 amide bonds. The maximum atomic E-state index is 12.1. The fraction of sp³-hybridized carbons (Fsp3) is 0.857. The van der Waals surface area contributed by atoms with Gasteiger partial charge in [0.15, 0.2) is 0 Å². The largest absolute Gasteiger partial charge is 0.307 e. The lowest BCUT2D eigenvalue weighted by molar-refractivity contribution is -0.138. The second kappa shape index (κ2) is 4.05. The van der Waals surface area contributed by atoms with Crippen molar-refractivity contribution < 1.29 is 9.59 Å². The van der Waals surface area contributed by atoms with E-state index < -0.39 is 0 Å². The molecule has 1 unspecified atom stereocenters. The number of hydrogen-bond acceptors (Lipinski definition) is 3. The summed E-state index contributed by atoms with van der Waals surface area (Å²) in [4.78, 5) is 25.1. The molecule has 2 rings (SSSR count). The minimum absolute atomic E-state index is 0.0125. The average Bonchev–Trinajstić information content (AvgIpc) is 2.41. The molecule has 2 heterocycles. The van der Waals surface area contributed by atoms with Crippen molar-refractivity contribution >= 4 is 11.8 Å². The first-order valence-corrected chi connectivity index (χ1v) is 6.71. The van der Waals surface area contributed by atoms with Crippen molar-refractivity contribution in [1.29, 1.82) is 0 Å². The number of imide groups is 1. The van der Waals surface area contributed by atoms with E-state index >= 15 is 0 Å². The molecule has 0 aliphatic carbocycles. The Balaban J connectivity index is 2.19. The van der Waals surface area contributed by atoms with Gasteiger partial charge in [-0.1, -0.05) is 0 Å². The quantitative estimate of drug-likeness (QED) is 0.720. The van der Waals surface area contributed by atoms with Gasteiger partial charge in [0.2, 0.25) is 11.8 Å². The predicted octanol–water partition coefficient (Wildman–Crippen LogP) is 1.55. The zero-order chi connectivity index (χ0) is 13.7. The summed E-state index contributed by atoms with van der Waals surface area (Å²) >= 11 is 0. The lowest BCUT2D eigenvalue weighted by atomic mass is 9.70. The number of likely N-dealkylation sites (tertiary alicyclic amines) is 1. The van der Waals surface area contributed by atoms with E-state index in [1.54, 1.807) is 7.05 Å². The normalized spacial score (nSPS) is 32.1. The van der Waals surface area contributed by atoms with Crippen LogP contribution in [-0.4, -0.2) is 34.8 Å². The van der Waals surface area contributed by atoms with Gasteiger partial charge in [-0.3, -0.25) is 14.5 Å². The SMILES string of the molecule is CN1C(=O)CC(C2CC(C)(C)NC(C)(C)C2)C1=O. The Morgan fingerprint density at radius 2 is 1.61 bits per heavy atom. The van der Waals surface area contributed by atoms with Gasteiger partial charge in [0.1, 0.15) is 0 Å². The third kappa shape index (κ3) is 2.44. The van der Waals surface area contributed by atoms with Crippen LogP contribution in [0.2, 0.25) is 0 Å². The molecule has 1 N–H and O–H groups in total. The van der Waals surface area contributed by atoms with E-state index in [1.807, 2.05) is 0 Å². The smallest absolute Gasteiger partial charge is 0.232 e. The molecule has 2 saturated heterocycles. The van der Waals surface area contributed by atoms with Crippen molar-refractivity contribution in [3.63, 3.8) is 0 Å². The number of carbonyl (C=O) groups is 2. The van der Waals surface area contributed by atoms with E-state index in [9.17, 15) is 9.59 Å². The van der Waals surface area contributed by atoms with Gasteiger partial charge in [-0.15, -0.1) is 0 Å². The highest BCUT2D eigenvalue weighted by Gasteiger charge is 2.47. The molecule has 0 spiro atoms. The number of hydrogen-bond donors (Lipinski definition) is 1. The van der Waals surface area contributed by atoms with Crippen LogP contribution in [0.25, 0.3) is 0 Å². The predicted molar refractivity (Wildman–Crippen MR) is 69.9 cm³/mol. The first-order chi connectivity index (χ1) is 8.11. The number of nitrogens with one attached hydrogen (secondary N) is 1. The van der Waals surface area contributed by atoms with Crippen LogP contribution in [0.3, 0.4) is 0 Å². The van der Waals surface area contributed by atoms with Gasteiger partial charge in [0, 0.05) is 24.5 Å². The highest BCUT2D eigenvalue weighted by atomic mass is 16.2. The summed E-state index contributed by atoms with van der Waals surface area (Å²) in [6.07, 6.45) is 2.30. The maximum Gasteiger partial charge on any atom is 0.232 e. The van der Waals surface area contributed by atoms with E-state index in [4.69, 9.17) is 0 Å². The second-order valence-electron chi connectivity index (χ2n) is 7.16. The van der Waals surface area contributed by atoms with E-state index in [0.717, 1.165) is 12.8 Å². The summed E-state index contributed by atoms with van der Waals surface area (Å²) in [5, 5.41) is 3.61. The Morgan fingerprint density at radius 3 is 2.00 bits per heavy atom. The lowest BCUT2D eigenvalue weighted by Gasteiger charge is -2.47. The molecular weight excluding hydrogens is 228 g/mol. The van der Waals surface area contributed by atoms with Crippen molar-refractivity contribution in [2.24, 2.45) is 11.8 Å². The van der Waals surface area contributed by atoms with Crippen LogP contribution in [-0.2, 0) is 9.59 Å². The fourth-order valence-corrected chi connectivity index (χ4v) is 3.84. The van der Waals surface area contributed by atoms with Gasteiger partial charge in [-0.25, -0.2) is 0 Å². The molecule has 1 atom stereocenters. The minimum Gasteiger partial charge on any atom is -0.307 e. The van der Waals surface area contributed by atoms with Crippen LogP contribution in [0.5, 0.6) is 0 Å². The third-order valence-corrected chi connectivity index (χ3v) is 4.21. The number of piperidine rings is 1. The van der Waals surface area contributed by atoms with Gasteiger partial charge in [-0.05, 0) is 46.5 Å². The fourth-order valence-electron chi connectivity index (χ4n) is 3.84. The van der Waals surface area contributed by atoms with Crippen LogP contribution in [0, 0.1) is 11.8 Å². The molecule has 4 heteroatoms. The van der Waals surface area contributed by atoms with Gasteiger partial charge in [-0.2, -0.15) is 0 Å². The summed E-state index contributed by atoms with van der Waals surface area (Å²) in [6, 6.07) is 0. The number of rotatable bonds is 1. The molecule has 0 aromatic heterocycles. The van der Waals surface area contributed by atoms with Crippen LogP contribution in [0.15, 0.2) is 0 Å². The van der Waals surface area contributed by atoms with E-state index in [1.165, 1.54) is 4.90 Å². The molecule has 0 aromatic rings. The van der Waals surface area contributed by atoms with Crippen LogP contribution in [0.1, 0.15) is 47.0 Å². The Hall–Kier alpha value is -0.900. The number of amides is 2. The highest BCUT2D eigenvalue weighted by molar-refractivity contribution is 6.03. The number of nitrogens with zero attached hydrogens (tertiary/aromatic N) is 1. The Kier molecular flexibility index (Phi) is 3.05. The van der Waals surface area contributed by atoms with Gasteiger partial charge >= 0.3 is 0 Å². The van der Waals surface area contributed by atoms with Crippen LogP contribution >= 0.6 is 0 Å². The standard InChI is InChI=1S/C14H24N2O2/c1-13(2)7-9(8-14(3,4)15-13)10-6-11(17)16(5)12(10)18/h9-10,15H,6-8H2,1-5H3. The Morgan fingerprint density at radius 1 is 1.11 bits per heavy atom. The molecule has 18 heavy (non-hydrogen) atoms. The molecule has 2 aliphatic rings. The zero-order valence-corrected chi connectivity index (χ0v) is 12.0. The van der Waals surface area contributed by atoms with E-state index in [2.05, 4.69) is 33.0 Å². The number of carbonyl (C=O) groups excluding carboxylic acids is 2. The second-order valence-corrected chi connectivity index (χ2v) is 7.16. The van der Waals surface area contributed by atoms with Crippen LogP contribution < -0.4 is 5.32 Å². The lowest BCUT2D eigenvalue weighted by Crippen LogP contribution is -2.59. The summed E-state index contributed by atoms with van der Waals surface area (Å²) in [7, 11) is 1.60. The minimum atomic E-state index is -0.108. The van der Waals surface area contributed by atoms with E-state index in [0.29, 0.717) is 12.3 Å². The highest BCUT2D eigenvalue weighted by Crippen LogP contribution is 2.40. The summed E-state index contributed by atoms with van der Waals surface area (Å²) in [6.45, 7) is 8.69. The third-order valence-electron chi connectivity index (χ3n) is 4.21. The van der Waals surface area contributed by atoms with Crippen molar-refractivity contribution in [1.82, 2.24) is 10.2 Å². The molecule has 0 radical (unpaired) electrons. The van der Waals surface area contributed by atoms with Crippen LogP contribution in [0.4, 0.5) is 0 Å². The monoisotopic (exact) mass is 252 g/mol. The molecule has 102 valence electrons. The molecule has 0 bridgehead atoms. The molecule has 4 nitrogen and oxygen atoms in total. The first kappa shape index (κ1) is 13.5. The van der Waals surface area contributed by atoms with Crippen molar-refractivity contribution in [3.8, 4) is 0 Å². The molecule has 2 aliphatic heterocycles. The summed E-state index contributed by atoms with van der Waals surface area (Å²) in [5.41, 5.74) is 0.0494. The van der Waals surface area contributed by atoms with Crippen molar-refractivity contribution in [2.75, 3.05) is 7.05 Å². The summed E-state index contributed by atoms with van der Waals surface area (Å²) < 4.78 is 0. The average molecular weight is 252 g/mol. The topological polar surface area (TPSA) is 49.4 Å². The zero-order valence-electron chi connectivity index (χ0n) is 12.0. The van der Waals surface area contributed by atoms with Crippen molar-refractivity contribution in [2.45, 2.75) is 58.0 Å². The molecular formula is C14H24N2O2. The van der Waals surface area contributed by atoms with Crippen molar-refractivity contribution in [3.05, 3.63) is 0 Å². The Labute approximate surface area is 109 Å². The van der Waals surface area contributed by atoms with Gasteiger partial charge < -0.3 is 5.32 Å². The Bertz CT molecular complexity index is 371. The van der Waals surface area contributed by atoms with E-state index in [-0.39, 0.29) is 28.8 Å². The molecule has 0 aromatic carbocycles. The van der Waals surface area contributed by atoms with Gasteiger partial charge in [0.05, 0.1) is 5.92 Å². The maximum absolute atomic E-state index is 12.1. The molecule has 2 fully saturated rings. The van der Waals surface area contributed by atoms with Gasteiger partial charge in [0.25, 0.3) is 0 Å². The first-order valence-electron chi connectivity index (χ1n) is 6.71. The molecule has 0 saturated carbocycles.